The van der Waals surface area contributed by atoms with Gasteiger partial charge in [-0.2, -0.15) is 0 Å². The maximum Gasteiger partial charge on any atom is 0.263 e. The lowest BCUT2D eigenvalue weighted by atomic mass is 10.1. The molecule has 108 valence electrons. The summed E-state index contributed by atoms with van der Waals surface area (Å²) in [5.74, 6) is -2.63. The number of alkyl halides is 1. The van der Waals surface area contributed by atoms with Gasteiger partial charge >= 0.3 is 0 Å². The molecule has 3 rings (SSSR count). The van der Waals surface area contributed by atoms with Gasteiger partial charge < -0.3 is 25.8 Å². The summed E-state index contributed by atoms with van der Waals surface area (Å²) in [6.07, 6.45) is -2.36. The average molecular weight is 285 g/mol. The van der Waals surface area contributed by atoms with Crippen LogP contribution in [0.3, 0.4) is 0 Å². The first-order valence-corrected chi connectivity index (χ1v) is 5.74. The van der Waals surface area contributed by atoms with E-state index in [2.05, 4.69) is 15.0 Å². The molecule has 0 amide bonds. The Hall–Kier alpha value is -1.88. The number of hydrogen-bond acceptors (Lipinski definition) is 8. The van der Waals surface area contributed by atoms with Crippen molar-refractivity contribution in [1.29, 1.82) is 0 Å². The average Bonchev–Trinajstić information content (AvgIpc) is 2.96. The first-order chi connectivity index (χ1) is 9.48. The largest absolute Gasteiger partial charge is 0.390 e. The van der Waals surface area contributed by atoms with Crippen LogP contribution in [0.5, 0.6) is 0 Å². The lowest BCUT2D eigenvalue weighted by molar-refractivity contribution is -0.206. The van der Waals surface area contributed by atoms with Crippen LogP contribution in [0.15, 0.2) is 12.7 Å². The third kappa shape index (κ3) is 1.66. The minimum absolute atomic E-state index is 0.121. The predicted molar refractivity (Wildman–Crippen MR) is 62.8 cm³/mol. The number of aliphatic hydroxyl groups excluding tert-OH is 3. The van der Waals surface area contributed by atoms with Crippen LogP contribution < -0.4 is 5.73 Å². The van der Waals surface area contributed by atoms with E-state index >= 15 is 0 Å². The van der Waals surface area contributed by atoms with Gasteiger partial charge in [-0.3, -0.25) is 4.57 Å². The van der Waals surface area contributed by atoms with Crippen molar-refractivity contribution < 1.29 is 24.4 Å². The van der Waals surface area contributed by atoms with E-state index in [9.17, 15) is 14.6 Å². The van der Waals surface area contributed by atoms with Gasteiger partial charge in [0.1, 0.15) is 30.7 Å². The molecule has 4 atom stereocenters. The Balaban J connectivity index is 2.06. The molecule has 0 unspecified atom stereocenters. The van der Waals surface area contributed by atoms with Gasteiger partial charge in [-0.05, 0) is 0 Å². The highest BCUT2D eigenvalue weighted by Gasteiger charge is 2.55. The molecule has 20 heavy (non-hydrogen) atoms. The second kappa shape index (κ2) is 4.31. The van der Waals surface area contributed by atoms with Gasteiger partial charge in [-0.1, -0.05) is 0 Å². The molecule has 2 aromatic rings. The number of rotatable bonds is 2. The zero-order valence-corrected chi connectivity index (χ0v) is 10.1. The normalized spacial score (nSPS) is 33.9. The molecule has 0 radical (unpaired) electrons. The van der Waals surface area contributed by atoms with Crippen LogP contribution in [0.1, 0.15) is 6.23 Å². The van der Waals surface area contributed by atoms with Crippen LogP contribution in [-0.4, -0.2) is 59.5 Å². The Labute approximate surface area is 111 Å². The fourth-order valence-electron chi connectivity index (χ4n) is 2.16. The molecular weight excluding hydrogens is 273 g/mol. The van der Waals surface area contributed by atoms with Crippen LogP contribution in [0.2, 0.25) is 0 Å². The van der Waals surface area contributed by atoms with Gasteiger partial charge in [-0.15, -0.1) is 0 Å². The molecule has 5 N–H and O–H groups in total. The van der Waals surface area contributed by atoms with Crippen molar-refractivity contribution in [2.45, 2.75) is 24.3 Å². The molecule has 1 aliphatic heterocycles. The second-order valence-electron chi connectivity index (χ2n) is 4.47. The number of imidazole rings is 1. The van der Waals surface area contributed by atoms with Gasteiger partial charge in [-0.25, -0.2) is 19.3 Å². The summed E-state index contributed by atoms with van der Waals surface area (Å²) in [5.41, 5.74) is 6.10. The van der Waals surface area contributed by atoms with Crippen LogP contribution >= 0.6 is 0 Å². The van der Waals surface area contributed by atoms with Crippen molar-refractivity contribution in [3.63, 3.8) is 0 Å². The van der Waals surface area contributed by atoms with Gasteiger partial charge in [0, 0.05) is 0 Å². The standard InChI is InChI=1S/C10H12FN5O4/c11-10(1-17)6(19)5(18)9(20-10)16-3-15-4-7(12)13-2-14-8(4)16/h2-3,5-6,9,17-19H,1H2,(H2,12,13,14)/t5-,6+,9-,10-/m0/s1. The maximum atomic E-state index is 14.0. The van der Waals surface area contributed by atoms with Gasteiger partial charge in [0.15, 0.2) is 17.7 Å². The van der Waals surface area contributed by atoms with E-state index in [0.29, 0.717) is 0 Å². The number of nitrogen functional groups attached to an aromatic ring is 1. The molecule has 1 aliphatic rings. The molecule has 0 aromatic carbocycles. The number of aliphatic hydroxyl groups is 3. The Morgan fingerprint density at radius 3 is 2.80 bits per heavy atom. The number of nitrogens with zero attached hydrogens (tertiary/aromatic N) is 4. The highest BCUT2D eigenvalue weighted by Crippen LogP contribution is 2.39. The Morgan fingerprint density at radius 1 is 1.40 bits per heavy atom. The fourth-order valence-corrected chi connectivity index (χ4v) is 2.16. The number of hydrogen-bond donors (Lipinski definition) is 4. The molecule has 3 heterocycles. The van der Waals surface area contributed by atoms with E-state index in [-0.39, 0.29) is 17.0 Å². The minimum Gasteiger partial charge on any atom is -0.390 e. The third-order valence-electron chi connectivity index (χ3n) is 3.25. The summed E-state index contributed by atoms with van der Waals surface area (Å²) in [4.78, 5) is 11.6. The monoisotopic (exact) mass is 285 g/mol. The second-order valence-corrected chi connectivity index (χ2v) is 4.47. The zero-order valence-electron chi connectivity index (χ0n) is 10.1. The summed E-state index contributed by atoms with van der Waals surface area (Å²) in [5, 5.41) is 28.4. The van der Waals surface area contributed by atoms with Crippen LogP contribution in [0, 0.1) is 0 Å². The Kier molecular flexibility index (Phi) is 2.83. The van der Waals surface area contributed by atoms with Crippen LogP contribution in [0.25, 0.3) is 11.2 Å². The van der Waals surface area contributed by atoms with E-state index < -0.39 is 30.9 Å². The van der Waals surface area contributed by atoms with Crippen molar-refractivity contribution in [1.82, 2.24) is 19.5 Å². The molecule has 2 aromatic heterocycles. The van der Waals surface area contributed by atoms with Crippen molar-refractivity contribution in [2.75, 3.05) is 12.3 Å². The van der Waals surface area contributed by atoms with Gasteiger partial charge in [0.05, 0.1) is 6.33 Å². The smallest absolute Gasteiger partial charge is 0.263 e. The molecule has 0 bridgehead atoms. The quantitative estimate of drug-likeness (QED) is 0.513. The van der Waals surface area contributed by atoms with E-state index in [1.54, 1.807) is 0 Å². The Bertz CT molecular complexity index is 652. The highest BCUT2D eigenvalue weighted by atomic mass is 19.2. The molecule has 9 nitrogen and oxygen atoms in total. The van der Waals surface area contributed by atoms with Crippen LogP contribution in [0.4, 0.5) is 10.2 Å². The molecule has 0 aliphatic carbocycles. The van der Waals surface area contributed by atoms with Crippen LogP contribution in [-0.2, 0) is 4.74 Å². The molecule has 10 heteroatoms. The van der Waals surface area contributed by atoms with E-state index in [4.69, 9.17) is 15.6 Å². The van der Waals surface area contributed by atoms with Crippen molar-refractivity contribution in [3.8, 4) is 0 Å². The number of halogens is 1. The van der Waals surface area contributed by atoms with Crippen molar-refractivity contribution in [2.24, 2.45) is 0 Å². The topological polar surface area (TPSA) is 140 Å². The number of aromatic nitrogens is 4. The molecule has 0 saturated carbocycles. The SMILES string of the molecule is Nc1ncnc2c1ncn2[C@H]1O[C@@](F)(CO)[C@H](O)[C@@H]1O. The summed E-state index contributed by atoms with van der Waals surface area (Å²) in [6.45, 7) is -1.09. The summed E-state index contributed by atoms with van der Waals surface area (Å²) in [7, 11) is 0. The number of nitrogens with two attached hydrogens (primary N) is 1. The summed E-state index contributed by atoms with van der Waals surface area (Å²) >= 11 is 0. The van der Waals surface area contributed by atoms with Gasteiger partial charge in [0.2, 0.25) is 0 Å². The molecule has 0 spiro atoms. The number of anilines is 1. The molecular formula is C10H12FN5O4. The number of ether oxygens (including phenoxy) is 1. The fraction of sp³-hybridized carbons (Fsp3) is 0.500. The highest BCUT2D eigenvalue weighted by molar-refractivity contribution is 5.81. The first kappa shape index (κ1) is 13.1. The lowest BCUT2D eigenvalue weighted by Crippen LogP contribution is -2.42. The summed E-state index contributed by atoms with van der Waals surface area (Å²) < 4.78 is 20.2. The Morgan fingerprint density at radius 2 is 2.15 bits per heavy atom. The molecule has 1 fully saturated rings. The first-order valence-electron chi connectivity index (χ1n) is 5.74. The third-order valence-corrected chi connectivity index (χ3v) is 3.25. The maximum absolute atomic E-state index is 14.0. The predicted octanol–water partition coefficient (Wildman–Crippen LogP) is -1.68. The van der Waals surface area contributed by atoms with Crippen molar-refractivity contribution >= 4 is 17.0 Å². The number of fused-ring (bicyclic) bond motifs is 1. The van der Waals surface area contributed by atoms with E-state index in [0.717, 1.165) is 0 Å². The van der Waals surface area contributed by atoms with E-state index in [1.807, 2.05) is 0 Å². The molecule has 1 saturated heterocycles. The minimum atomic E-state index is -2.75. The lowest BCUT2D eigenvalue weighted by Gasteiger charge is -2.19. The summed E-state index contributed by atoms with van der Waals surface area (Å²) in [6, 6.07) is 0. The van der Waals surface area contributed by atoms with Gasteiger partial charge in [0.25, 0.3) is 5.85 Å². The zero-order chi connectivity index (χ0) is 14.5. The van der Waals surface area contributed by atoms with Crippen molar-refractivity contribution in [3.05, 3.63) is 12.7 Å². The van der Waals surface area contributed by atoms with E-state index in [1.165, 1.54) is 17.2 Å².